The second-order valence-electron chi connectivity index (χ2n) is 6.47. The smallest absolute Gasteiger partial charge is 0.417 e. The molecule has 0 atom stereocenters. The molecule has 0 aliphatic carbocycles. The van der Waals surface area contributed by atoms with E-state index in [1.807, 2.05) is 0 Å². The number of amides is 1. The molecule has 0 unspecified atom stereocenters. The monoisotopic (exact) mass is 425 g/mol. The number of imidazole rings is 1. The highest BCUT2D eigenvalue weighted by Crippen LogP contribution is 2.37. The number of hydrogen-bond donors (Lipinski definition) is 1. The Morgan fingerprint density at radius 2 is 1.90 bits per heavy atom. The van der Waals surface area contributed by atoms with Gasteiger partial charge in [-0.3, -0.25) is 4.79 Å². The normalized spacial score (nSPS) is 13.6. The van der Waals surface area contributed by atoms with Gasteiger partial charge in [0.25, 0.3) is 0 Å². The van der Waals surface area contributed by atoms with Crippen molar-refractivity contribution in [2.24, 2.45) is 0 Å². The van der Waals surface area contributed by atoms with E-state index in [-0.39, 0.29) is 12.2 Å². The molecule has 1 aliphatic rings. The molecule has 0 bridgehead atoms. The zero-order chi connectivity index (χ0) is 20.8. The second-order valence-corrected chi connectivity index (χ2v) is 6.88. The Bertz CT molecular complexity index is 1110. The first kappa shape index (κ1) is 19.4. The summed E-state index contributed by atoms with van der Waals surface area (Å²) in [5, 5.41) is 2.04. The molecule has 1 aliphatic heterocycles. The minimum Gasteiger partial charge on any atom is -0.486 e. The van der Waals surface area contributed by atoms with Gasteiger partial charge < -0.3 is 19.4 Å². The van der Waals surface area contributed by atoms with Crippen molar-refractivity contribution >= 4 is 34.2 Å². The average molecular weight is 426 g/mol. The van der Waals surface area contributed by atoms with Crippen molar-refractivity contribution in [3.05, 3.63) is 46.7 Å². The van der Waals surface area contributed by atoms with Gasteiger partial charge in [0.2, 0.25) is 5.91 Å². The van der Waals surface area contributed by atoms with Crippen molar-refractivity contribution in [2.75, 3.05) is 18.5 Å². The van der Waals surface area contributed by atoms with E-state index < -0.39 is 22.7 Å². The van der Waals surface area contributed by atoms with Crippen LogP contribution in [0.4, 0.5) is 18.9 Å². The Morgan fingerprint density at radius 1 is 1.21 bits per heavy atom. The third-order valence-electron chi connectivity index (χ3n) is 4.46. The van der Waals surface area contributed by atoms with Crippen LogP contribution in [0.1, 0.15) is 11.4 Å². The molecule has 10 heteroatoms. The molecule has 3 aromatic rings. The van der Waals surface area contributed by atoms with Gasteiger partial charge >= 0.3 is 6.18 Å². The Hall–Kier alpha value is -2.94. The van der Waals surface area contributed by atoms with Crippen LogP contribution in [0.5, 0.6) is 11.5 Å². The topological polar surface area (TPSA) is 65.4 Å². The van der Waals surface area contributed by atoms with Crippen LogP contribution in [-0.2, 0) is 17.5 Å². The second kappa shape index (κ2) is 7.14. The van der Waals surface area contributed by atoms with E-state index in [0.717, 1.165) is 12.1 Å². The first-order valence-corrected chi connectivity index (χ1v) is 9.03. The lowest BCUT2D eigenvalue weighted by molar-refractivity contribution is -0.137. The average Bonchev–Trinajstić information content (AvgIpc) is 2.95. The van der Waals surface area contributed by atoms with Crippen molar-refractivity contribution in [2.45, 2.75) is 19.6 Å². The van der Waals surface area contributed by atoms with Crippen LogP contribution in [-0.4, -0.2) is 28.7 Å². The van der Waals surface area contributed by atoms with Gasteiger partial charge in [0.1, 0.15) is 25.6 Å². The number of carbonyl (C=O) groups is 1. The summed E-state index contributed by atoms with van der Waals surface area (Å²) in [7, 11) is 0. The summed E-state index contributed by atoms with van der Waals surface area (Å²) in [6.07, 6.45) is -4.61. The molecule has 2 heterocycles. The maximum absolute atomic E-state index is 13.0. The minimum atomic E-state index is -4.61. The van der Waals surface area contributed by atoms with Gasteiger partial charge in [-0.15, -0.1) is 0 Å². The highest BCUT2D eigenvalue weighted by molar-refractivity contribution is 6.31. The van der Waals surface area contributed by atoms with Crippen molar-refractivity contribution in [3.8, 4) is 11.5 Å². The number of aryl methyl sites for hydroxylation is 1. The van der Waals surface area contributed by atoms with Crippen LogP contribution in [0, 0.1) is 6.92 Å². The molecule has 1 N–H and O–H groups in total. The quantitative estimate of drug-likeness (QED) is 0.674. The number of nitrogens with one attached hydrogen (secondary N) is 1. The van der Waals surface area contributed by atoms with Gasteiger partial charge in [-0.05, 0) is 25.1 Å². The Labute approximate surface area is 168 Å². The van der Waals surface area contributed by atoms with Gasteiger partial charge in [0, 0.05) is 17.8 Å². The summed E-state index contributed by atoms with van der Waals surface area (Å²) in [5.41, 5.74) is 0.285. The number of alkyl halides is 3. The number of rotatable bonds is 3. The SMILES string of the molecule is Cc1nc2cc3c(cc2n1CC(=O)Nc1ccc(Cl)c(C(F)(F)F)c1)OCCO3. The number of hydrogen-bond acceptors (Lipinski definition) is 4. The zero-order valence-electron chi connectivity index (χ0n) is 15.1. The number of nitrogens with zero attached hydrogens (tertiary/aromatic N) is 2. The lowest BCUT2D eigenvalue weighted by Crippen LogP contribution is -2.20. The van der Waals surface area contributed by atoms with E-state index >= 15 is 0 Å². The maximum Gasteiger partial charge on any atom is 0.417 e. The van der Waals surface area contributed by atoms with Crippen LogP contribution < -0.4 is 14.8 Å². The highest BCUT2D eigenvalue weighted by Gasteiger charge is 2.33. The van der Waals surface area contributed by atoms with Gasteiger partial charge in [-0.2, -0.15) is 13.2 Å². The van der Waals surface area contributed by atoms with Crippen LogP contribution in [0.3, 0.4) is 0 Å². The Morgan fingerprint density at radius 3 is 2.59 bits per heavy atom. The predicted octanol–water partition coefficient (Wildman–Crippen LogP) is 4.43. The molecule has 4 rings (SSSR count). The van der Waals surface area contributed by atoms with E-state index in [2.05, 4.69) is 10.3 Å². The molecule has 6 nitrogen and oxygen atoms in total. The molecule has 0 fully saturated rings. The van der Waals surface area contributed by atoms with Crippen molar-refractivity contribution < 1.29 is 27.4 Å². The van der Waals surface area contributed by atoms with E-state index in [4.69, 9.17) is 21.1 Å². The van der Waals surface area contributed by atoms with Crippen LogP contribution in [0.15, 0.2) is 30.3 Å². The summed E-state index contributed by atoms with van der Waals surface area (Å²) < 4.78 is 51.8. The molecule has 1 amide bonds. The van der Waals surface area contributed by atoms with Gasteiger partial charge in [0.15, 0.2) is 11.5 Å². The van der Waals surface area contributed by atoms with Crippen molar-refractivity contribution in [3.63, 3.8) is 0 Å². The lowest BCUT2D eigenvalue weighted by Gasteiger charge is -2.18. The number of halogens is 4. The number of ether oxygens (including phenoxy) is 2. The minimum absolute atomic E-state index is 0.00270. The fraction of sp³-hybridized carbons (Fsp3) is 0.263. The third kappa shape index (κ3) is 3.82. The number of aromatic nitrogens is 2. The molecule has 2 aromatic carbocycles. The summed E-state index contributed by atoms with van der Waals surface area (Å²) in [4.78, 5) is 16.9. The van der Waals surface area contributed by atoms with E-state index in [9.17, 15) is 18.0 Å². The van der Waals surface area contributed by atoms with Crippen LogP contribution >= 0.6 is 11.6 Å². The molecule has 1 aromatic heterocycles. The fourth-order valence-corrected chi connectivity index (χ4v) is 3.37. The summed E-state index contributed by atoms with van der Waals surface area (Å²) in [5.74, 6) is 1.21. The molecule has 0 saturated heterocycles. The summed E-state index contributed by atoms with van der Waals surface area (Å²) in [6, 6.07) is 6.69. The summed E-state index contributed by atoms with van der Waals surface area (Å²) in [6.45, 7) is 2.47. The summed E-state index contributed by atoms with van der Waals surface area (Å²) >= 11 is 5.61. The van der Waals surface area contributed by atoms with E-state index in [1.54, 1.807) is 23.6 Å². The number of carbonyl (C=O) groups excluding carboxylic acids is 1. The first-order chi connectivity index (χ1) is 13.7. The fourth-order valence-electron chi connectivity index (χ4n) is 3.15. The predicted molar refractivity (Wildman–Crippen MR) is 101 cm³/mol. The van der Waals surface area contributed by atoms with Gasteiger partial charge in [-0.25, -0.2) is 4.98 Å². The number of anilines is 1. The molecule has 0 saturated carbocycles. The molecular formula is C19H15ClF3N3O3. The molecule has 152 valence electrons. The number of fused-ring (bicyclic) bond motifs is 2. The molecule has 0 spiro atoms. The van der Waals surface area contributed by atoms with Crippen LogP contribution in [0.2, 0.25) is 5.02 Å². The molecule has 0 radical (unpaired) electrons. The van der Waals surface area contributed by atoms with Gasteiger partial charge in [0.05, 0.1) is 21.6 Å². The Balaban J connectivity index is 1.59. The van der Waals surface area contributed by atoms with Crippen LogP contribution in [0.25, 0.3) is 11.0 Å². The first-order valence-electron chi connectivity index (χ1n) is 8.65. The standard InChI is InChI=1S/C19H15ClF3N3O3/c1-10-24-14-7-16-17(29-5-4-28-16)8-15(14)26(10)9-18(27)25-11-2-3-13(20)12(6-11)19(21,22)23/h2-3,6-8H,4-5,9H2,1H3,(H,25,27). The lowest BCUT2D eigenvalue weighted by atomic mass is 10.2. The molecular weight excluding hydrogens is 411 g/mol. The van der Waals surface area contributed by atoms with E-state index in [0.29, 0.717) is 41.6 Å². The largest absolute Gasteiger partial charge is 0.486 e. The van der Waals surface area contributed by atoms with E-state index in [1.165, 1.54) is 6.07 Å². The third-order valence-corrected chi connectivity index (χ3v) is 4.79. The molecule has 29 heavy (non-hydrogen) atoms. The highest BCUT2D eigenvalue weighted by atomic mass is 35.5. The Kier molecular flexibility index (Phi) is 4.77. The van der Waals surface area contributed by atoms with Gasteiger partial charge in [-0.1, -0.05) is 11.6 Å². The number of benzene rings is 2. The maximum atomic E-state index is 13.0. The zero-order valence-corrected chi connectivity index (χ0v) is 15.9. The van der Waals surface area contributed by atoms with Crippen molar-refractivity contribution in [1.82, 2.24) is 9.55 Å². The van der Waals surface area contributed by atoms with Crippen molar-refractivity contribution in [1.29, 1.82) is 0 Å².